The minimum absolute atomic E-state index is 0.00334. The molecule has 1 aromatic heterocycles. The van der Waals surface area contributed by atoms with E-state index in [0.717, 1.165) is 28.7 Å². The van der Waals surface area contributed by atoms with Crippen LogP contribution in [0.5, 0.6) is 0 Å². The van der Waals surface area contributed by atoms with Gasteiger partial charge < -0.3 is 19.7 Å². The van der Waals surface area contributed by atoms with E-state index in [9.17, 15) is 19.5 Å². The van der Waals surface area contributed by atoms with Crippen LogP contribution in [0, 0.1) is 5.92 Å². The lowest BCUT2D eigenvalue weighted by molar-refractivity contribution is -0.143. The minimum atomic E-state index is -0.847. The zero-order valence-corrected chi connectivity index (χ0v) is 18.9. The lowest BCUT2D eigenvalue weighted by atomic mass is 9.86. The normalized spacial score (nSPS) is 18.9. The number of nitrogens with zero attached hydrogens (tertiary/aromatic N) is 1. The zero-order chi connectivity index (χ0) is 24.4. The van der Waals surface area contributed by atoms with E-state index in [0.29, 0.717) is 19.3 Å². The highest BCUT2D eigenvalue weighted by Gasteiger charge is 2.30. The number of aromatic nitrogens is 1. The molecule has 0 unspecified atom stereocenters. The fraction of sp³-hybridized carbons (Fsp3) is 0.308. The van der Waals surface area contributed by atoms with E-state index in [-0.39, 0.29) is 30.1 Å². The summed E-state index contributed by atoms with van der Waals surface area (Å²) in [4.78, 5) is 36.1. The first-order chi connectivity index (χ1) is 17.0. The molecule has 0 radical (unpaired) electrons. The van der Waals surface area contributed by atoms with Gasteiger partial charge in [0.15, 0.2) is 5.69 Å². The molecule has 0 aliphatic heterocycles. The second-order valence-corrected chi connectivity index (χ2v) is 8.90. The van der Waals surface area contributed by atoms with E-state index < -0.39 is 23.9 Å². The van der Waals surface area contributed by atoms with Crippen LogP contribution in [0.25, 0.3) is 11.1 Å². The first-order valence-corrected chi connectivity index (χ1v) is 11.6. The highest BCUT2D eigenvalue weighted by Crippen LogP contribution is 2.44. The van der Waals surface area contributed by atoms with E-state index in [1.54, 1.807) is 0 Å². The Hall–Kier alpha value is -4.14. The first kappa shape index (κ1) is 22.6. The molecule has 0 bridgehead atoms. The number of amides is 2. The number of carbonyl (C=O) groups excluding carboxylic acids is 2. The molecule has 0 spiro atoms. The van der Waals surface area contributed by atoms with Crippen molar-refractivity contribution in [1.82, 2.24) is 10.5 Å². The van der Waals surface area contributed by atoms with Crippen molar-refractivity contribution >= 4 is 23.9 Å². The Morgan fingerprint density at radius 1 is 1.03 bits per heavy atom. The zero-order valence-electron chi connectivity index (χ0n) is 18.9. The van der Waals surface area contributed by atoms with Gasteiger partial charge in [0, 0.05) is 18.0 Å². The number of anilines is 1. The fourth-order valence-electron chi connectivity index (χ4n) is 4.98. The van der Waals surface area contributed by atoms with E-state index >= 15 is 0 Å². The summed E-state index contributed by atoms with van der Waals surface area (Å²) in [5.74, 6) is -1.88. The number of carboxylic acid groups (broad SMARTS) is 1. The molecule has 9 heteroatoms. The number of hydrogen-bond donors (Lipinski definition) is 3. The predicted octanol–water partition coefficient (Wildman–Crippen LogP) is 4.41. The number of nitrogens with one attached hydrogen (secondary N) is 2. The molecule has 5 rings (SSSR count). The summed E-state index contributed by atoms with van der Waals surface area (Å²) in [6, 6.07) is 17.2. The van der Waals surface area contributed by atoms with Gasteiger partial charge in [-0.05, 0) is 41.5 Å². The molecule has 0 saturated heterocycles. The van der Waals surface area contributed by atoms with Gasteiger partial charge in [0.1, 0.15) is 6.61 Å². The first-order valence-electron chi connectivity index (χ1n) is 11.6. The van der Waals surface area contributed by atoms with Crippen LogP contribution in [0.1, 0.15) is 53.2 Å². The van der Waals surface area contributed by atoms with Crippen molar-refractivity contribution in [2.45, 2.75) is 37.6 Å². The summed E-state index contributed by atoms with van der Waals surface area (Å²) < 4.78 is 10.5. The molecule has 9 nitrogen and oxygen atoms in total. The average Bonchev–Trinajstić information content (AvgIpc) is 3.46. The van der Waals surface area contributed by atoms with Gasteiger partial charge in [-0.25, -0.2) is 4.79 Å². The lowest BCUT2D eigenvalue weighted by Gasteiger charge is -2.26. The minimum Gasteiger partial charge on any atom is -0.481 e. The van der Waals surface area contributed by atoms with E-state index in [2.05, 4.69) is 27.9 Å². The van der Waals surface area contributed by atoms with Gasteiger partial charge in [-0.2, -0.15) is 0 Å². The second kappa shape index (κ2) is 9.61. The number of aliphatic carboxylic acids is 1. The molecular formula is C26H25N3O6. The molecule has 2 amide bonds. The van der Waals surface area contributed by atoms with Crippen molar-refractivity contribution in [3.63, 3.8) is 0 Å². The van der Waals surface area contributed by atoms with Gasteiger partial charge in [-0.15, -0.1) is 0 Å². The summed E-state index contributed by atoms with van der Waals surface area (Å²) in [6.07, 6.45) is 1.71. The summed E-state index contributed by atoms with van der Waals surface area (Å²) in [6.45, 7) is 0.147. The molecule has 180 valence electrons. The van der Waals surface area contributed by atoms with Crippen LogP contribution in [-0.2, 0) is 9.53 Å². The van der Waals surface area contributed by atoms with Crippen LogP contribution >= 0.6 is 0 Å². The van der Waals surface area contributed by atoms with Gasteiger partial charge in [0.05, 0.1) is 5.92 Å². The number of ether oxygens (including phenoxy) is 1. The largest absolute Gasteiger partial charge is 0.481 e. The third-order valence-electron chi connectivity index (χ3n) is 6.67. The molecule has 1 saturated carbocycles. The maximum absolute atomic E-state index is 12.5. The van der Waals surface area contributed by atoms with Crippen molar-refractivity contribution in [3.8, 4) is 11.1 Å². The van der Waals surface area contributed by atoms with Crippen molar-refractivity contribution in [1.29, 1.82) is 0 Å². The Morgan fingerprint density at radius 3 is 2.40 bits per heavy atom. The van der Waals surface area contributed by atoms with E-state index in [1.165, 1.54) is 6.07 Å². The molecule has 1 fully saturated rings. The highest BCUT2D eigenvalue weighted by molar-refractivity contribution is 5.94. The molecule has 3 N–H and O–H groups in total. The third kappa shape index (κ3) is 4.75. The fourth-order valence-corrected chi connectivity index (χ4v) is 4.98. The maximum atomic E-state index is 12.5. The van der Waals surface area contributed by atoms with Crippen molar-refractivity contribution in [2.24, 2.45) is 5.92 Å². The molecule has 2 atom stereocenters. The van der Waals surface area contributed by atoms with Gasteiger partial charge >= 0.3 is 12.1 Å². The molecular weight excluding hydrogens is 450 g/mol. The smallest absolute Gasteiger partial charge is 0.414 e. The average molecular weight is 476 g/mol. The van der Waals surface area contributed by atoms with Crippen molar-refractivity contribution in [2.75, 3.05) is 11.9 Å². The van der Waals surface area contributed by atoms with Crippen molar-refractivity contribution in [3.05, 3.63) is 71.4 Å². The number of fused-ring (bicyclic) bond motifs is 3. The predicted molar refractivity (Wildman–Crippen MR) is 126 cm³/mol. The second-order valence-electron chi connectivity index (χ2n) is 8.90. The number of carboxylic acids is 1. The standard InChI is InChI=1S/C26H25N3O6/c30-24(27-16-7-5-6-15(12-16)25(31)32)22-13-23(35-29-22)28-26(33)34-14-21-19-10-3-1-8-17(19)18-9-2-4-11-20(18)21/h1-4,8-11,13,15-16,21H,5-7,12,14H2,(H,27,30)(H,28,33)(H,31,32)/t15-,16+/m1/s1. The molecule has 2 aliphatic carbocycles. The third-order valence-corrected chi connectivity index (χ3v) is 6.67. The van der Waals surface area contributed by atoms with Gasteiger partial charge in [0.25, 0.3) is 5.91 Å². The van der Waals surface area contributed by atoms with Crippen LogP contribution < -0.4 is 10.6 Å². The number of rotatable bonds is 6. The number of benzene rings is 2. The summed E-state index contributed by atoms with van der Waals surface area (Å²) in [5.41, 5.74) is 4.48. The Balaban J connectivity index is 1.17. The van der Waals surface area contributed by atoms with Crippen LogP contribution in [0.3, 0.4) is 0 Å². The lowest BCUT2D eigenvalue weighted by Crippen LogP contribution is -2.40. The Labute approximate surface area is 201 Å². The van der Waals surface area contributed by atoms with Gasteiger partial charge in [0.2, 0.25) is 5.88 Å². The van der Waals surface area contributed by atoms with Gasteiger partial charge in [-0.3, -0.25) is 14.9 Å². The van der Waals surface area contributed by atoms with E-state index in [1.807, 2.05) is 36.4 Å². The SMILES string of the molecule is O=C(Nc1cc(C(=O)N[C@H]2CCC[C@@H](C(=O)O)C2)no1)OCC1c2ccccc2-c2ccccc21. The molecule has 2 aromatic carbocycles. The summed E-state index contributed by atoms with van der Waals surface area (Å²) in [5, 5.41) is 18.2. The summed E-state index contributed by atoms with van der Waals surface area (Å²) >= 11 is 0. The van der Waals surface area contributed by atoms with Crippen LogP contribution in [0.2, 0.25) is 0 Å². The maximum Gasteiger partial charge on any atom is 0.414 e. The Kier molecular flexibility index (Phi) is 6.22. The molecule has 2 aliphatic rings. The summed E-state index contributed by atoms with van der Waals surface area (Å²) in [7, 11) is 0. The van der Waals surface area contributed by atoms with Crippen LogP contribution in [0.4, 0.5) is 10.7 Å². The molecule has 1 heterocycles. The number of hydrogen-bond acceptors (Lipinski definition) is 6. The number of carbonyl (C=O) groups is 3. The monoisotopic (exact) mass is 475 g/mol. The van der Waals surface area contributed by atoms with Crippen molar-refractivity contribution < 1.29 is 28.8 Å². The van der Waals surface area contributed by atoms with E-state index in [4.69, 9.17) is 9.26 Å². The Bertz CT molecular complexity index is 1220. The molecule has 3 aromatic rings. The van der Waals surface area contributed by atoms with Crippen LogP contribution in [0.15, 0.2) is 59.1 Å². The van der Waals surface area contributed by atoms with Crippen LogP contribution in [-0.4, -0.2) is 40.9 Å². The van der Waals surface area contributed by atoms with Gasteiger partial charge in [-0.1, -0.05) is 60.1 Å². The molecule has 35 heavy (non-hydrogen) atoms. The Morgan fingerprint density at radius 2 is 1.71 bits per heavy atom. The highest BCUT2D eigenvalue weighted by atomic mass is 16.6. The topological polar surface area (TPSA) is 131 Å². The quantitative estimate of drug-likeness (QED) is 0.481.